The first-order valence-electron chi connectivity index (χ1n) is 5.73. The second kappa shape index (κ2) is 5.86. The van der Waals surface area contributed by atoms with Gasteiger partial charge in [-0.05, 0) is 42.5 Å². The Hall–Kier alpha value is -2.51. The number of hydrogen-bond donors (Lipinski definition) is 1. The third-order valence-corrected chi connectivity index (χ3v) is 3.45. The van der Waals surface area contributed by atoms with Crippen molar-refractivity contribution in [1.82, 2.24) is 0 Å². The van der Waals surface area contributed by atoms with Crippen molar-refractivity contribution < 1.29 is 27.3 Å². The molecule has 0 saturated heterocycles. The summed E-state index contributed by atoms with van der Waals surface area (Å²) in [6.45, 7) is 0. The fraction of sp³-hybridized carbons (Fsp3) is 0. The second-order valence-electron chi connectivity index (χ2n) is 4.12. The molecular formula is C14H10O6S. The number of ether oxygens (including phenoxy) is 1. The maximum atomic E-state index is 10.9. The molecule has 1 N–H and O–H groups in total. The van der Waals surface area contributed by atoms with Gasteiger partial charge in [-0.1, -0.05) is 0 Å². The van der Waals surface area contributed by atoms with Gasteiger partial charge in [0.05, 0.1) is 4.90 Å². The first-order valence-corrected chi connectivity index (χ1v) is 7.17. The third-order valence-electron chi connectivity index (χ3n) is 2.58. The molecule has 0 heterocycles. The minimum atomic E-state index is -4.26. The molecule has 0 bridgehead atoms. The standard InChI is InChI=1S/C14H10O6S/c15-8-10-5-11(9-16)7-13(6-10)20-12-1-3-14(4-2-12)21(17,18)19/h1-9H,(H,17,18,19). The van der Waals surface area contributed by atoms with Crippen LogP contribution in [0.4, 0.5) is 0 Å². The first-order chi connectivity index (χ1) is 9.92. The van der Waals surface area contributed by atoms with Crippen molar-refractivity contribution in [2.75, 3.05) is 0 Å². The quantitative estimate of drug-likeness (QED) is 0.672. The Labute approximate surface area is 120 Å². The highest BCUT2D eigenvalue weighted by Gasteiger charge is 2.09. The molecule has 0 unspecified atom stereocenters. The average molecular weight is 306 g/mol. The molecule has 0 aliphatic heterocycles. The summed E-state index contributed by atoms with van der Waals surface area (Å²) >= 11 is 0. The van der Waals surface area contributed by atoms with Gasteiger partial charge < -0.3 is 4.74 Å². The van der Waals surface area contributed by atoms with Gasteiger partial charge in [-0.3, -0.25) is 14.1 Å². The van der Waals surface area contributed by atoms with E-state index in [1.165, 1.54) is 42.5 Å². The minimum Gasteiger partial charge on any atom is -0.457 e. The summed E-state index contributed by atoms with van der Waals surface area (Å²) in [6.07, 6.45) is 1.17. The van der Waals surface area contributed by atoms with Crippen molar-refractivity contribution in [3.8, 4) is 11.5 Å². The van der Waals surface area contributed by atoms with Crippen molar-refractivity contribution in [1.29, 1.82) is 0 Å². The smallest absolute Gasteiger partial charge is 0.294 e. The molecule has 0 spiro atoms. The third kappa shape index (κ3) is 3.74. The molecule has 0 aliphatic rings. The molecule has 0 aromatic heterocycles. The highest BCUT2D eigenvalue weighted by molar-refractivity contribution is 7.85. The van der Waals surface area contributed by atoms with Crippen LogP contribution in [0.3, 0.4) is 0 Å². The lowest BCUT2D eigenvalue weighted by Gasteiger charge is -2.07. The van der Waals surface area contributed by atoms with E-state index in [2.05, 4.69) is 0 Å². The Morgan fingerprint density at radius 2 is 1.38 bits per heavy atom. The van der Waals surface area contributed by atoms with Crippen LogP contribution < -0.4 is 4.74 Å². The molecule has 2 aromatic rings. The van der Waals surface area contributed by atoms with Gasteiger partial charge in [0.2, 0.25) is 0 Å². The predicted molar refractivity (Wildman–Crippen MR) is 73.5 cm³/mol. The maximum absolute atomic E-state index is 10.9. The average Bonchev–Trinajstić information content (AvgIpc) is 2.46. The van der Waals surface area contributed by atoms with E-state index in [-0.39, 0.29) is 21.8 Å². The van der Waals surface area contributed by atoms with Gasteiger partial charge in [0.1, 0.15) is 24.1 Å². The predicted octanol–water partition coefficient (Wildman–Crippen LogP) is 2.35. The molecule has 6 nitrogen and oxygen atoms in total. The first kappa shape index (κ1) is 14.9. The van der Waals surface area contributed by atoms with E-state index in [9.17, 15) is 18.0 Å². The van der Waals surface area contributed by atoms with Gasteiger partial charge in [-0.25, -0.2) is 0 Å². The van der Waals surface area contributed by atoms with Gasteiger partial charge in [-0.2, -0.15) is 8.42 Å². The Balaban J connectivity index is 2.29. The molecular weight excluding hydrogens is 296 g/mol. The Morgan fingerprint density at radius 1 is 0.857 bits per heavy atom. The van der Waals surface area contributed by atoms with Gasteiger partial charge in [0.25, 0.3) is 10.1 Å². The van der Waals surface area contributed by atoms with E-state index < -0.39 is 10.1 Å². The molecule has 0 amide bonds. The van der Waals surface area contributed by atoms with E-state index >= 15 is 0 Å². The van der Waals surface area contributed by atoms with E-state index in [1.807, 2.05) is 0 Å². The van der Waals surface area contributed by atoms with Gasteiger partial charge in [0, 0.05) is 11.1 Å². The van der Waals surface area contributed by atoms with Crippen LogP contribution >= 0.6 is 0 Å². The molecule has 0 atom stereocenters. The molecule has 0 aliphatic carbocycles. The molecule has 2 rings (SSSR count). The van der Waals surface area contributed by atoms with Crippen LogP contribution in [-0.2, 0) is 10.1 Å². The van der Waals surface area contributed by atoms with Crippen molar-refractivity contribution in [3.05, 3.63) is 53.6 Å². The van der Waals surface area contributed by atoms with Crippen LogP contribution in [0.5, 0.6) is 11.5 Å². The van der Waals surface area contributed by atoms with Crippen molar-refractivity contribution in [3.63, 3.8) is 0 Å². The monoisotopic (exact) mass is 306 g/mol. The summed E-state index contributed by atoms with van der Waals surface area (Å²) in [5.41, 5.74) is 0.563. The molecule has 21 heavy (non-hydrogen) atoms. The number of aldehydes is 2. The van der Waals surface area contributed by atoms with E-state index in [1.54, 1.807) is 0 Å². The number of carbonyl (C=O) groups excluding carboxylic acids is 2. The topological polar surface area (TPSA) is 97.7 Å². The molecule has 2 aromatic carbocycles. The maximum Gasteiger partial charge on any atom is 0.294 e. The van der Waals surface area contributed by atoms with Crippen LogP contribution in [0.25, 0.3) is 0 Å². The van der Waals surface area contributed by atoms with Gasteiger partial charge >= 0.3 is 0 Å². The molecule has 0 saturated carbocycles. The number of hydrogen-bond acceptors (Lipinski definition) is 5. The normalized spacial score (nSPS) is 10.9. The summed E-state index contributed by atoms with van der Waals surface area (Å²) in [5, 5.41) is 0. The summed E-state index contributed by atoms with van der Waals surface area (Å²) in [6, 6.07) is 9.33. The fourth-order valence-corrected chi connectivity index (χ4v) is 2.14. The lowest BCUT2D eigenvalue weighted by Crippen LogP contribution is -1.97. The lowest BCUT2D eigenvalue weighted by molar-refractivity contribution is 0.112. The number of rotatable bonds is 5. The summed E-state index contributed by atoms with van der Waals surface area (Å²) < 4.78 is 36.1. The second-order valence-corrected chi connectivity index (χ2v) is 5.54. The highest BCUT2D eigenvalue weighted by Crippen LogP contribution is 2.24. The molecule has 0 fully saturated rings. The molecule has 0 radical (unpaired) electrons. The zero-order valence-electron chi connectivity index (χ0n) is 10.6. The van der Waals surface area contributed by atoms with E-state index in [0.717, 1.165) is 0 Å². The van der Waals surface area contributed by atoms with E-state index in [0.29, 0.717) is 18.3 Å². The fourth-order valence-electron chi connectivity index (χ4n) is 1.66. The van der Waals surface area contributed by atoms with Gasteiger partial charge in [0.15, 0.2) is 0 Å². The van der Waals surface area contributed by atoms with Crippen LogP contribution in [0, 0.1) is 0 Å². The van der Waals surface area contributed by atoms with Crippen LogP contribution in [0.2, 0.25) is 0 Å². The van der Waals surface area contributed by atoms with Gasteiger partial charge in [-0.15, -0.1) is 0 Å². The summed E-state index contributed by atoms with van der Waals surface area (Å²) in [5.74, 6) is 0.559. The Morgan fingerprint density at radius 3 is 1.81 bits per heavy atom. The zero-order chi connectivity index (χ0) is 15.5. The minimum absolute atomic E-state index is 0.259. The number of benzene rings is 2. The van der Waals surface area contributed by atoms with Crippen molar-refractivity contribution in [2.45, 2.75) is 4.90 Å². The lowest BCUT2D eigenvalue weighted by atomic mass is 10.1. The molecule has 108 valence electrons. The van der Waals surface area contributed by atoms with Crippen molar-refractivity contribution in [2.24, 2.45) is 0 Å². The summed E-state index contributed by atoms with van der Waals surface area (Å²) in [7, 11) is -4.26. The largest absolute Gasteiger partial charge is 0.457 e. The Bertz CT molecular complexity index is 751. The van der Waals surface area contributed by atoms with Crippen LogP contribution in [0.1, 0.15) is 20.7 Å². The zero-order valence-corrected chi connectivity index (χ0v) is 11.4. The highest BCUT2D eigenvalue weighted by atomic mass is 32.2. The number of carbonyl (C=O) groups is 2. The SMILES string of the molecule is O=Cc1cc(C=O)cc(Oc2ccc(S(=O)(=O)O)cc2)c1. The van der Waals surface area contributed by atoms with Crippen molar-refractivity contribution >= 4 is 22.7 Å². The van der Waals surface area contributed by atoms with E-state index in [4.69, 9.17) is 9.29 Å². The summed E-state index contributed by atoms with van der Waals surface area (Å²) in [4.78, 5) is 21.3. The molecule has 7 heteroatoms. The van der Waals surface area contributed by atoms with Crippen LogP contribution in [-0.4, -0.2) is 25.5 Å². The van der Waals surface area contributed by atoms with Crippen LogP contribution in [0.15, 0.2) is 47.4 Å². The Kier molecular flexibility index (Phi) is 4.15.